The van der Waals surface area contributed by atoms with Gasteiger partial charge in [0, 0.05) is 24.5 Å². The van der Waals surface area contributed by atoms with Crippen LogP contribution >= 0.6 is 23.4 Å². The average molecular weight is 288 g/mol. The number of nitrogens with two attached hydrogens (primary N) is 1. The number of benzene rings is 1. The van der Waals surface area contributed by atoms with Crippen LogP contribution in [0.2, 0.25) is 5.02 Å². The standard InChI is InChI=1S/C12H18ClN3OS/c1-8(7-18-3)16(2)10-6-4-5-9(13)11(10)12(14)15-17/h4-6,8,17H,7H2,1-3H3,(H2,14,15). The summed E-state index contributed by atoms with van der Waals surface area (Å²) >= 11 is 7.90. The van der Waals surface area contributed by atoms with Crippen LogP contribution in [-0.2, 0) is 0 Å². The maximum absolute atomic E-state index is 8.84. The van der Waals surface area contributed by atoms with Gasteiger partial charge >= 0.3 is 0 Å². The summed E-state index contributed by atoms with van der Waals surface area (Å²) in [7, 11) is 1.97. The van der Waals surface area contributed by atoms with Crippen LogP contribution in [0, 0.1) is 0 Å². The third-order valence-electron chi connectivity index (χ3n) is 2.80. The van der Waals surface area contributed by atoms with Crippen LogP contribution in [0.1, 0.15) is 12.5 Å². The van der Waals surface area contributed by atoms with E-state index in [0.29, 0.717) is 16.6 Å². The fourth-order valence-corrected chi connectivity index (χ4v) is 2.67. The first-order valence-electron chi connectivity index (χ1n) is 5.51. The van der Waals surface area contributed by atoms with Gasteiger partial charge in [-0.25, -0.2) is 0 Å². The quantitative estimate of drug-likeness (QED) is 0.378. The Labute approximate surface area is 117 Å². The molecule has 1 unspecified atom stereocenters. The molecule has 1 aromatic carbocycles. The number of anilines is 1. The van der Waals surface area contributed by atoms with Gasteiger partial charge in [-0.2, -0.15) is 11.8 Å². The van der Waals surface area contributed by atoms with Crippen molar-refractivity contribution >= 4 is 34.9 Å². The molecular formula is C12H18ClN3OS. The fraction of sp³-hybridized carbons (Fsp3) is 0.417. The van der Waals surface area contributed by atoms with E-state index in [2.05, 4.69) is 23.2 Å². The van der Waals surface area contributed by atoms with Crippen molar-refractivity contribution in [3.63, 3.8) is 0 Å². The molecule has 0 aliphatic rings. The van der Waals surface area contributed by atoms with Gasteiger partial charge in [0.2, 0.25) is 0 Å². The van der Waals surface area contributed by atoms with E-state index in [9.17, 15) is 0 Å². The first kappa shape index (κ1) is 15.0. The van der Waals surface area contributed by atoms with Crippen LogP contribution in [-0.4, -0.2) is 36.1 Å². The minimum atomic E-state index is 0.0267. The largest absolute Gasteiger partial charge is 0.409 e. The molecule has 0 spiro atoms. The highest BCUT2D eigenvalue weighted by atomic mass is 35.5. The molecule has 0 bridgehead atoms. The number of halogens is 1. The lowest BCUT2D eigenvalue weighted by Gasteiger charge is -2.28. The van der Waals surface area contributed by atoms with Crippen molar-refractivity contribution in [2.24, 2.45) is 10.9 Å². The topological polar surface area (TPSA) is 61.8 Å². The molecule has 0 aromatic heterocycles. The van der Waals surface area contributed by atoms with E-state index in [4.69, 9.17) is 22.5 Å². The number of hydrogen-bond acceptors (Lipinski definition) is 4. The second kappa shape index (κ2) is 6.75. The minimum Gasteiger partial charge on any atom is -0.409 e. The molecule has 0 radical (unpaired) electrons. The van der Waals surface area contributed by atoms with Crippen molar-refractivity contribution in [3.8, 4) is 0 Å². The summed E-state index contributed by atoms with van der Waals surface area (Å²) in [6, 6.07) is 5.82. The van der Waals surface area contributed by atoms with Crippen molar-refractivity contribution in [3.05, 3.63) is 28.8 Å². The number of thioether (sulfide) groups is 1. The van der Waals surface area contributed by atoms with Crippen LogP contribution in [0.4, 0.5) is 5.69 Å². The summed E-state index contributed by atoms with van der Waals surface area (Å²) in [6.45, 7) is 2.12. The molecule has 3 N–H and O–H groups in total. The molecule has 18 heavy (non-hydrogen) atoms. The fourth-order valence-electron chi connectivity index (χ4n) is 1.70. The third-order valence-corrected chi connectivity index (χ3v) is 3.94. The highest BCUT2D eigenvalue weighted by Crippen LogP contribution is 2.28. The van der Waals surface area contributed by atoms with E-state index in [-0.39, 0.29) is 5.84 Å². The predicted octanol–water partition coefficient (Wildman–Crippen LogP) is 2.62. The van der Waals surface area contributed by atoms with Crippen LogP contribution in [0.25, 0.3) is 0 Å². The SMILES string of the molecule is CSCC(C)N(C)c1cccc(Cl)c1/C(N)=N/O. The van der Waals surface area contributed by atoms with E-state index in [1.54, 1.807) is 17.8 Å². The van der Waals surface area contributed by atoms with Crippen LogP contribution in [0.5, 0.6) is 0 Å². The second-order valence-electron chi connectivity index (χ2n) is 4.03. The van der Waals surface area contributed by atoms with E-state index in [1.807, 2.05) is 19.2 Å². The molecule has 1 aromatic rings. The molecule has 0 fully saturated rings. The lowest BCUT2D eigenvalue weighted by atomic mass is 10.1. The first-order valence-corrected chi connectivity index (χ1v) is 7.28. The molecule has 0 saturated carbocycles. The zero-order valence-electron chi connectivity index (χ0n) is 10.7. The predicted molar refractivity (Wildman–Crippen MR) is 80.2 cm³/mol. The Hall–Kier alpha value is -1.07. The zero-order valence-corrected chi connectivity index (χ0v) is 12.3. The van der Waals surface area contributed by atoms with E-state index in [0.717, 1.165) is 11.4 Å². The molecule has 1 rings (SSSR count). The Bertz CT molecular complexity index is 439. The van der Waals surface area contributed by atoms with Crippen LogP contribution in [0.3, 0.4) is 0 Å². The van der Waals surface area contributed by atoms with Crippen molar-refractivity contribution in [1.29, 1.82) is 0 Å². The van der Waals surface area contributed by atoms with Gasteiger partial charge in [0.15, 0.2) is 5.84 Å². The molecule has 0 amide bonds. The molecule has 1 atom stereocenters. The molecule has 0 heterocycles. The van der Waals surface area contributed by atoms with Crippen LogP contribution < -0.4 is 10.6 Å². The maximum Gasteiger partial charge on any atom is 0.173 e. The summed E-state index contributed by atoms with van der Waals surface area (Å²) in [6.07, 6.45) is 2.06. The van der Waals surface area contributed by atoms with Gasteiger partial charge in [0.1, 0.15) is 0 Å². The van der Waals surface area contributed by atoms with Gasteiger partial charge in [-0.15, -0.1) is 0 Å². The summed E-state index contributed by atoms with van der Waals surface area (Å²) in [5, 5.41) is 12.4. The third kappa shape index (κ3) is 3.23. The molecule has 0 aliphatic heterocycles. The van der Waals surface area contributed by atoms with Crippen molar-refractivity contribution in [1.82, 2.24) is 0 Å². The first-order chi connectivity index (χ1) is 8.52. The number of amidine groups is 1. The smallest absolute Gasteiger partial charge is 0.173 e. The second-order valence-corrected chi connectivity index (χ2v) is 5.35. The van der Waals surface area contributed by atoms with Gasteiger partial charge < -0.3 is 15.8 Å². The van der Waals surface area contributed by atoms with E-state index < -0.39 is 0 Å². The molecule has 6 heteroatoms. The van der Waals surface area contributed by atoms with Gasteiger partial charge in [0.25, 0.3) is 0 Å². The van der Waals surface area contributed by atoms with E-state index in [1.165, 1.54) is 0 Å². The molecular weight excluding hydrogens is 270 g/mol. The number of rotatable bonds is 5. The Kier molecular flexibility index (Phi) is 5.62. The van der Waals surface area contributed by atoms with Gasteiger partial charge in [-0.1, -0.05) is 22.8 Å². The highest BCUT2D eigenvalue weighted by molar-refractivity contribution is 7.98. The molecule has 0 aliphatic carbocycles. The Balaban J connectivity index is 3.20. The maximum atomic E-state index is 8.84. The van der Waals surface area contributed by atoms with Gasteiger partial charge in [-0.3, -0.25) is 0 Å². The summed E-state index contributed by atoms with van der Waals surface area (Å²) in [5.41, 5.74) is 7.12. The Morgan fingerprint density at radius 2 is 2.28 bits per heavy atom. The number of oxime groups is 1. The summed E-state index contributed by atoms with van der Waals surface area (Å²) in [4.78, 5) is 2.08. The summed E-state index contributed by atoms with van der Waals surface area (Å²) < 4.78 is 0. The minimum absolute atomic E-state index is 0.0267. The summed E-state index contributed by atoms with van der Waals surface area (Å²) in [5.74, 6) is 1.01. The van der Waals surface area contributed by atoms with Crippen LogP contribution in [0.15, 0.2) is 23.4 Å². The number of nitrogens with zero attached hydrogens (tertiary/aromatic N) is 2. The van der Waals surface area contributed by atoms with Crippen molar-refractivity contribution in [2.45, 2.75) is 13.0 Å². The lowest BCUT2D eigenvalue weighted by molar-refractivity contribution is 0.318. The van der Waals surface area contributed by atoms with Gasteiger partial charge in [0.05, 0.1) is 10.6 Å². The normalized spacial score (nSPS) is 13.4. The van der Waals surface area contributed by atoms with E-state index >= 15 is 0 Å². The van der Waals surface area contributed by atoms with Crippen molar-refractivity contribution < 1.29 is 5.21 Å². The zero-order chi connectivity index (χ0) is 13.7. The lowest BCUT2D eigenvalue weighted by Crippen LogP contribution is -2.33. The number of hydrogen-bond donors (Lipinski definition) is 2. The monoisotopic (exact) mass is 287 g/mol. The molecule has 4 nitrogen and oxygen atoms in total. The van der Waals surface area contributed by atoms with Crippen molar-refractivity contribution in [2.75, 3.05) is 24.0 Å². The Morgan fingerprint density at radius 3 is 2.83 bits per heavy atom. The van der Waals surface area contributed by atoms with Gasteiger partial charge in [-0.05, 0) is 25.3 Å². The molecule has 0 saturated heterocycles. The highest BCUT2D eigenvalue weighted by Gasteiger charge is 2.17. The molecule has 100 valence electrons. The average Bonchev–Trinajstić information content (AvgIpc) is 2.37. The Morgan fingerprint density at radius 1 is 1.61 bits per heavy atom.